The lowest BCUT2D eigenvalue weighted by Crippen LogP contribution is -2.44. The van der Waals surface area contributed by atoms with Crippen LogP contribution in [0.15, 0.2) is 17.3 Å². The Balaban J connectivity index is 2.75. The van der Waals surface area contributed by atoms with Crippen LogP contribution >= 0.6 is 0 Å². The molecule has 0 radical (unpaired) electrons. The van der Waals surface area contributed by atoms with Crippen LogP contribution in [0, 0.1) is 5.92 Å². The number of ether oxygens (including phenoxy) is 3. The van der Waals surface area contributed by atoms with E-state index in [1.807, 2.05) is 13.8 Å². The van der Waals surface area contributed by atoms with E-state index in [1.165, 1.54) is 21.0 Å². The molecule has 0 amide bonds. The van der Waals surface area contributed by atoms with E-state index in [0.29, 0.717) is 19.4 Å². The maximum atomic E-state index is 11.6. The zero-order chi connectivity index (χ0) is 22.7. The Bertz CT molecular complexity index is 617. The average Bonchev–Trinajstić information content (AvgIpc) is 2.78. The zero-order valence-corrected chi connectivity index (χ0v) is 19.5. The molecule has 0 bridgehead atoms. The number of carbonyl (C=O) groups is 2. The summed E-state index contributed by atoms with van der Waals surface area (Å²) in [6, 6.07) is 0. The highest BCUT2D eigenvalue weighted by atomic mass is 16.6. The van der Waals surface area contributed by atoms with Crippen molar-refractivity contribution in [3.63, 3.8) is 0 Å². The van der Waals surface area contributed by atoms with E-state index in [-0.39, 0.29) is 30.1 Å². The van der Waals surface area contributed by atoms with E-state index in [0.717, 1.165) is 43.4 Å². The molecule has 1 saturated heterocycles. The Kier molecular flexibility index (Phi) is 11.1. The fraction of sp³-hybridized carbons (Fsp3) is 0.783. The van der Waals surface area contributed by atoms with Crippen LogP contribution in [0.1, 0.15) is 79.6 Å². The van der Waals surface area contributed by atoms with Crippen molar-refractivity contribution in [1.82, 2.24) is 0 Å². The first kappa shape index (κ1) is 26.1. The van der Waals surface area contributed by atoms with E-state index in [1.54, 1.807) is 0 Å². The van der Waals surface area contributed by atoms with Gasteiger partial charge in [0.25, 0.3) is 0 Å². The fourth-order valence-corrected chi connectivity index (χ4v) is 3.86. The molecule has 1 fully saturated rings. The topological polar surface area (TPSA) is 83.4 Å². The van der Waals surface area contributed by atoms with Gasteiger partial charge in [-0.05, 0) is 58.3 Å². The molecule has 0 aromatic rings. The standard InChI is InChI=1S/C23H39NO6/c1-16(2)10-12-21(29-18(4)25)17(3)9-8-14-23(6)22(30-19(5)26)13-11-20(15-28-23)24-27-7/h17,21-22H,1,8-15H2,2-7H3/b24-20+. The SMILES string of the molecule is C=C(C)CCC(OC(C)=O)C(C)CCCC1(C)OC/C(=N/OC)CCC1OC(C)=O. The van der Waals surface area contributed by atoms with Crippen molar-refractivity contribution in [3.8, 4) is 0 Å². The van der Waals surface area contributed by atoms with E-state index < -0.39 is 5.60 Å². The highest BCUT2D eigenvalue weighted by Crippen LogP contribution is 2.33. The molecule has 1 rings (SSSR count). The number of nitrogens with zero attached hydrogens (tertiary/aromatic N) is 1. The number of carbonyl (C=O) groups excluding carboxylic acids is 2. The Hall–Kier alpha value is -1.89. The predicted octanol–water partition coefficient (Wildman–Crippen LogP) is 4.58. The van der Waals surface area contributed by atoms with Gasteiger partial charge < -0.3 is 19.0 Å². The number of esters is 2. The summed E-state index contributed by atoms with van der Waals surface area (Å²) in [6.45, 7) is 13.2. The van der Waals surface area contributed by atoms with Crippen LogP contribution < -0.4 is 0 Å². The Morgan fingerprint density at radius 1 is 1.27 bits per heavy atom. The number of allylic oxidation sites excluding steroid dienone is 1. The van der Waals surface area contributed by atoms with Gasteiger partial charge in [-0.2, -0.15) is 0 Å². The third-order valence-corrected chi connectivity index (χ3v) is 5.61. The summed E-state index contributed by atoms with van der Waals surface area (Å²) in [4.78, 5) is 28.0. The maximum absolute atomic E-state index is 11.6. The monoisotopic (exact) mass is 425 g/mol. The van der Waals surface area contributed by atoms with Gasteiger partial charge in [-0.15, -0.1) is 6.58 Å². The molecule has 1 aliphatic rings. The summed E-state index contributed by atoms with van der Waals surface area (Å²) in [5.41, 5.74) is 1.28. The van der Waals surface area contributed by atoms with Crippen molar-refractivity contribution in [1.29, 1.82) is 0 Å². The highest BCUT2D eigenvalue weighted by Gasteiger charge is 2.40. The second kappa shape index (κ2) is 12.7. The van der Waals surface area contributed by atoms with Crippen molar-refractivity contribution in [2.45, 2.75) is 97.4 Å². The molecule has 1 aliphatic heterocycles. The van der Waals surface area contributed by atoms with E-state index in [9.17, 15) is 9.59 Å². The normalized spacial score (nSPS) is 25.1. The van der Waals surface area contributed by atoms with E-state index in [2.05, 4.69) is 18.7 Å². The fourth-order valence-electron chi connectivity index (χ4n) is 3.86. The molecule has 30 heavy (non-hydrogen) atoms. The summed E-state index contributed by atoms with van der Waals surface area (Å²) in [5.74, 6) is -0.363. The molecule has 0 aromatic carbocycles. The quantitative estimate of drug-likeness (QED) is 0.274. The van der Waals surface area contributed by atoms with Crippen LogP contribution in [0.4, 0.5) is 0 Å². The molecule has 0 aromatic heterocycles. The molecule has 1 heterocycles. The van der Waals surface area contributed by atoms with Crippen molar-refractivity contribution in [2.24, 2.45) is 11.1 Å². The molecule has 172 valence electrons. The van der Waals surface area contributed by atoms with Gasteiger partial charge >= 0.3 is 11.9 Å². The van der Waals surface area contributed by atoms with Gasteiger partial charge in [0.2, 0.25) is 0 Å². The minimum Gasteiger partial charge on any atom is -0.462 e. The maximum Gasteiger partial charge on any atom is 0.303 e. The van der Waals surface area contributed by atoms with E-state index >= 15 is 0 Å². The molecule has 4 atom stereocenters. The summed E-state index contributed by atoms with van der Waals surface area (Å²) in [5, 5.41) is 4.01. The Morgan fingerprint density at radius 3 is 2.53 bits per heavy atom. The second-order valence-electron chi connectivity index (χ2n) is 8.59. The minimum absolute atomic E-state index is 0.133. The van der Waals surface area contributed by atoms with Crippen molar-refractivity contribution in [2.75, 3.05) is 13.7 Å². The minimum atomic E-state index is -0.606. The second-order valence-corrected chi connectivity index (χ2v) is 8.59. The van der Waals surface area contributed by atoms with Gasteiger partial charge in [0.1, 0.15) is 24.9 Å². The molecular weight excluding hydrogens is 386 g/mol. The van der Waals surface area contributed by atoms with Gasteiger partial charge in [0, 0.05) is 13.8 Å². The number of hydrogen-bond acceptors (Lipinski definition) is 7. The van der Waals surface area contributed by atoms with Crippen LogP contribution in [0.2, 0.25) is 0 Å². The molecule has 0 saturated carbocycles. The molecule has 4 unspecified atom stereocenters. The average molecular weight is 426 g/mol. The third-order valence-electron chi connectivity index (χ3n) is 5.61. The van der Waals surface area contributed by atoms with Gasteiger partial charge in [0.15, 0.2) is 0 Å². The van der Waals surface area contributed by atoms with Crippen molar-refractivity contribution in [3.05, 3.63) is 12.2 Å². The molecule has 7 nitrogen and oxygen atoms in total. The summed E-state index contributed by atoms with van der Waals surface area (Å²) >= 11 is 0. The number of hydrogen-bond donors (Lipinski definition) is 0. The highest BCUT2D eigenvalue weighted by molar-refractivity contribution is 5.85. The molecule has 0 aliphatic carbocycles. The van der Waals surface area contributed by atoms with Gasteiger partial charge in [-0.3, -0.25) is 9.59 Å². The van der Waals surface area contributed by atoms with Crippen LogP contribution in [0.5, 0.6) is 0 Å². The summed E-state index contributed by atoms with van der Waals surface area (Å²) in [6.07, 6.45) is 4.89. The van der Waals surface area contributed by atoms with Crippen LogP contribution in [-0.2, 0) is 28.6 Å². The zero-order valence-electron chi connectivity index (χ0n) is 19.5. The van der Waals surface area contributed by atoms with Crippen molar-refractivity contribution < 1.29 is 28.6 Å². The summed E-state index contributed by atoms with van der Waals surface area (Å²) < 4.78 is 17.3. The number of oxime groups is 1. The Morgan fingerprint density at radius 2 is 1.97 bits per heavy atom. The third kappa shape index (κ3) is 9.28. The molecule has 0 spiro atoms. The first-order valence-corrected chi connectivity index (χ1v) is 10.8. The van der Waals surface area contributed by atoms with E-state index in [4.69, 9.17) is 19.0 Å². The Labute approximate surface area is 181 Å². The predicted molar refractivity (Wildman–Crippen MR) is 116 cm³/mol. The van der Waals surface area contributed by atoms with Crippen molar-refractivity contribution >= 4 is 17.7 Å². The lowest BCUT2D eigenvalue weighted by molar-refractivity contribution is -0.167. The lowest BCUT2D eigenvalue weighted by Gasteiger charge is -2.35. The summed E-state index contributed by atoms with van der Waals surface area (Å²) in [7, 11) is 1.51. The first-order chi connectivity index (χ1) is 14.1. The molecule has 7 heteroatoms. The largest absolute Gasteiger partial charge is 0.462 e. The lowest BCUT2D eigenvalue weighted by atomic mass is 9.86. The molecular formula is C23H39NO6. The van der Waals surface area contributed by atoms with Gasteiger partial charge in [-0.25, -0.2) is 0 Å². The van der Waals surface area contributed by atoms with Crippen LogP contribution in [0.3, 0.4) is 0 Å². The smallest absolute Gasteiger partial charge is 0.303 e. The van der Waals surface area contributed by atoms with Gasteiger partial charge in [0.05, 0.1) is 12.3 Å². The van der Waals surface area contributed by atoms with Crippen LogP contribution in [0.25, 0.3) is 0 Å². The molecule has 0 N–H and O–H groups in total. The van der Waals surface area contributed by atoms with Crippen LogP contribution in [-0.4, -0.2) is 49.2 Å². The van der Waals surface area contributed by atoms with Gasteiger partial charge in [-0.1, -0.05) is 24.1 Å². The number of rotatable bonds is 11. The first-order valence-electron chi connectivity index (χ1n) is 10.8.